The average Bonchev–Trinajstić information content (AvgIpc) is 3.36. The van der Waals surface area contributed by atoms with E-state index in [1.807, 2.05) is 53.6 Å². The van der Waals surface area contributed by atoms with Crippen LogP contribution in [0.15, 0.2) is 49.1 Å². The Kier molecular flexibility index (Phi) is 9.53. The Bertz CT molecular complexity index is 1580. The number of hydrogen-bond acceptors (Lipinski definition) is 7. The number of carboxylic acid groups (broad SMARTS) is 1. The van der Waals surface area contributed by atoms with Crippen molar-refractivity contribution in [3.05, 3.63) is 82.2 Å². The third-order valence-electron chi connectivity index (χ3n) is 10.1. The van der Waals surface area contributed by atoms with E-state index in [0.29, 0.717) is 43.7 Å². The van der Waals surface area contributed by atoms with Crippen molar-refractivity contribution in [2.24, 2.45) is 11.3 Å². The zero-order valence-corrected chi connectivity index (χ0v) is 27.7. The molecule has 0 radical (unpaired) electrons. The van der Waals surface area contributed by atoms with Gasteiger partial charge in [0.25, 0.3) is 0 Å². The second-order valence-corrected chi connectivity index (χ2v) is 14.4. The van der Waals surface area contributed by atoms with E-state index in [9.17, 15) is 19.8 Å². The number of benzene rings is 1. The van der Waals surface area contributed by atoms with Gasteiger partial charge in [-0.05, 0) is 87.3 Å². The lowest BCUT2D eigenvalue weighted by molar-refractivity contribution is -0.158. The zero-order valence-electron chi connectivity index (χ0n) is 27.0. The van der Waals surface area contributed by atoms with Gasteiger partial charge in [-0.25, -0.2) is 4.98 Å². The number of carbonyl (C=O) groups excluding carboxylic acids is 1. The van der Waals surface area contributed by atoms with E-state index in [-0.39, 0.29) is 18.4 Å². The normalized spacial score (nSPS) is 23.3. The van der Waals surface area contributed by atoms with Crippen LogP contribution in [0.4, 0.5) is 0 Å². The molecule has 4 heterocycles. The molecular formula is C35H45ClN6O4. The number of fused-ring (bicyclic) bond motifs is 2. The van der Waals surface area contributed by atoms with Crippen molar-refractivity contribution < 1.29 is 19.8 Å². The number of halogens is 1. The first kappa shape index (κ1) is 32.6. The lowest BCUT2D eigenvalue weighted by atomic mass is 9.87. The summed E-state index contributed by atoms with van der Waals surface area (Å²) in [7, 11) is 0. The van der Waals surface area contributed by atoms with Gasteiger partial charge in [-0.1, -0.05) is 23.7 Å². The third-order valence-corrected chi connectivity index (χ3v) is 10.3. The predicted octanol–water partition coefficient (Wildman–Crippen LogP) is 4.17. The Morgan fingerprint density at radius 2 is 1.89 bits per heavy atom. The number of piperazine rings is 1. The van der Waals surface area contributed by atoms with Gasteiger partial charge in [0.1, 0.15) is 12.3 Å². The van der Waals surface area contributed by atoms with Gasteiger partial charge in [0.2, 0.25) is 5.91 Å². The zero-order chi connectivity index (χ0) is 32.6. The monoisotopic (exact) mass is 648 g/mol. The number of amides is 1. The minimum atomic E-state index is -1.15. The number of aliphatic hydroxyl groups excluding tert-OH is 1. The van der Waals surface area contributed by atoms with Crippen molar-refractivity contribution in [3.63, 3.8) is 0 Å². The van der Waals surface area contributed by atoms with E-state index in [4.69, 9.17) is 16.6 Å². The van der Waals surface area contributed by atoms with Crippen LogP contribution in [0.5, 0.6) is 0 Å². The van der Waals surface area contributed by atoms with Gasteiger partial charge in [0.05, 0.1) is 29.2 Å². The van der Waals surface area contributed by atoms with Gasteiger partial charge in [-0.3, -0.25) is 24.4 Å². The molecule has 2 saturated heterocycles. The molecule has 1 aromatic carbocycles. The van der Waals surface area contributed by atoms with Crippen LogP contribution in [0.3, 0.4) is 0 Å². The molecule has 46 heavy (non-hydrogen) atoms. The summed E-state index contributed by atoms with van der Waals surface area (Å²) < 4.78 is 2.10. The predicted molar refractivity (Wildman–Crippen MR) is 175 cm³/mol. The van der Waals surface area contributed by atoms with E-state index < -0.39 is 23.7 Å². The second kappa shape index (κ2) is 13.4. The number of aliphatic carboxylic acids is 1. The van der Waals surface area contributed by atoms with Crippen LogP contribution in [0, 0.1) is 18.3 Å². The fourth-order valence-corrected chi connectivity index (χ4v) is 7.73. The smallest absolute Gasteiger partial charge is 0.309 e. The number of rotatable bonds is 8. The summed E-state index contributed by atoms with van der Waals surface area (Å²) in [5, 5.41) is 22.1. The number of piperidine rings is 1. The maximum Gasteiger partial charge on any atom is 0.309 e. The number of imidazole rings is 1. The summed E-state index contributed by atoms with van der Waals surface area (Å²) in [5.41, 5.74) is 4.32. The van der Waals surface area contributed by atoms with Crippen molar-refractivity contribution in [1.29, 1.82) is 0 Å². The highest BCUT2D eigenvalue weighted by atomic mass is 35.5. The fraction of sp³-hybridized carbons (Fsp3) is 0.543. The lowest BCUT2D eigenvalue weighted by Gasteiger charge is -2.48. The molecule has 2 N–H and O–H groups in total. The number of likely N-dealkylation sites (tertiary alicyclic amines) is 1. The highest BCUT2D eigenvalue weighted by Gasteiger charge is 2.44. The molecule has 0 saturated carbocycles. The van der Waals surface area contributed by atoms with Crippen LogP contribution in [-0.4, -0.2) is 96.3 Å². The van der Waals surface area contributed by atoms with Crippen molar-refractivity contribution in [3.8, 4) is 0 Å². The molecule has 3 aliphatic rings. The molecule has 3 aromatic rings. The van der Waals surface area contributed by atoms with Crippen LogP contribution in [-0.2, 0) is 29.0 Å². The van der Waals surface area contributed by atoms with Crippen LogP contribution >= 0.6 is 11.6 Å². The summed E-state index contributed by atoms with van der Waals surface area (Å²) >= 11 is 6.46. The largest absolute Gasteiger partial charge is 0.481 e. The van der Waals surface area contributed by atoms with Gasteiger partial charge in [0.15, 0.2) is 0 Å². The Morgan fingerprint density at radius 1 is 1.09 bits per heavy atom. The SMILES string of the molecule is Cc1cn(C[C@@H]2CCCN(C(=O)[C@H]3CN([C@H]4c5ccc(Cl)cc5CCc5cccnc54)CCN3C(O)CC(C)(C)C(=O)O)C2)cn1. The topological polar surface area (TPSA) is 115 Å². The number of hydrogen-bond donors (Lipinski definition) is 2. The first-order valence-electron chi connectivity index (χ1n) is 16.4. The number of aryl methyl sites for hydroxylation is 3. The number of aromatic nitrogens is 3. The molecule has 0 bridgehead atoms. The molecule has 1 unspecified atom stereocenters. The van der Waals surface area contributed by atoms with Crippen molar-refractivity contribution in [2.45, 2.75) is 77.7 Å². The minimum Gasteiger partial charge on any atom is -0.481 e. The van der Waals surface area contributed by atoms with E-state index in [1.54, 1.807) is 13.8 Å². The van der Waals surface area contributed by atoms with E-state index in [1.165, 1.54) is 11.1 Å². The Balaban J connectivity index is 1.31. The number of carbonyl (C=O) groups is 2. The summed E-state index contributed by atoms with van der Waals surface area (Å²) in [5.74, 6) is -0.697. The average molecular weight is 649 g/mol. The fourth-order valence-electron chi connectivity index (χ4n) is 7.54. The summed E-state index contributed by atoms with van der Waals surface area (Å²) in [6.07, 6.45) is 8.29. The van der Waals surface area contributed by atoms with Gasteiger partial charge >= 0.3 is 5.97 Å². The van der Waals surface area contributed by atoms with Gasteiger partial charge in [0, 0.05) is 63.1 Å². The van der Waals surface area contributed by atoms with Crippen LogP contribution in [0.25, 0.3) is 0 Å². The Hall–Kier alpha value is -3.31. The third kappa shape index (κ3) is 6.86. The van der Waals surface area contributed by atoms with Crippen molar-refractivity contribution in [1.82, 2.24) is 29.2 Å². The van der Waals surface area contributed by atoms with Crippen LogP contribution in [0.1, 0.15) is 67.2 Å². The molecule has 246 valence electrons. The molecule has 2 fully saturated rings. The number of carboxylic acids is 1. The van der Waals surface area contributed by atoms with Gasteiger partial charge < -0.3 is 19.7 Å². The molecule has 1 amide bonds. The van der Waals surface area contributed by atoms with Crippen LogP contribution < -0.4 is 0 Å². The highest BCUT2D eigenvalue weighted by molar-refractivity contribution is 6.30. The maximum absolute atomic E-state index is 14.6. The standard InChI is InChI=1S/C35H45ClN6O4/c1-23-18-39(22-38-23)19-24-6-5-13-41(20-24)33(44)29-21-40(14-15-42(29)30(43)17-35(2,3)34(45)46)32-28-11-10-27(36)16-26(28)9-8-25-7-4-12-37-31(25)32/h4,7,10-12,16,18,22,24,29-30,32,43H,5-6,8-9,13-15,17,19-21H2,1-3H3,(H,45,46)/t24-,29+,30?,32-/m0/s1. The Labute approximate surface area is 276 Å². The van der Waals surface area contributed by atoms with E-state index in [2.05, 4.69) is 26.6 Å². The molecular weight excluding hydrogens is 604 g/mol. The molecule has 11 heteroatoms. The molecule has 1 aliphatic carbocycles. The van der Waals surface area contributed by atoms with E-state index >= 15 is 0 Å². The molecule has 10 nitrogen and oxygen atoms in total. The van der Waals surface area contributed by atoms with E-state index in [0.717, 1.165) is 49.2 Å². The van der Waals surface area contributed by atoms with Crippen molar-refractivity contribution in [2.75, 3.05) is 32.7 Å². The Morgan fingerprint density at radius 3 is 2.65 bits per heavy atom. The maximum atomic E-state index is 14.6. The van der Waals surface area contributed by atoms with Crippen molar-refractivity contribution >= 4 is 23.5 Å². The van der Waals surface area contributed by atoms with Gasteiger partial charge in [-0.15, -0.1) is 0 Å². The summed E-state index contributed by atoms with van der Waals surface area (Å²) in [6.45, 7) is 8.69. The first-order chi connectivity index (χ1) is 22.0. The molecule has 2 aliphatic heterocycles. The molecule has 6 rings (SSSR count). The van der Waals surface area contributed by atoms with Crippen LogP contribution in [0.2, 0.25) is 5.02 Å². The quantitative estimate of drug-likeness (QED) is 0.374. The number of pyridine rings is 1. The highest BCUT2D eigenvalue weighted by Crippen LogP contribution is 2.39. The molecule has 2 aromatic heterocycles. The number of nitrogens with zero attached hydrogens (tertiary/aromatic N) is 6. The lowest BCUT2D eigenvalue weighted by Crippen LogP contribution is -2.63. The second-order valence-electron chi connectivity index (χ2n) is 13.9. The summed E-state index contributed by atoms with van der Waals surface area (Å²) in [4.78, 5) is 42.0. The first-order valence-corrected chi connectivity index (χ1v) is 16.8. The molecule has 4 atom stereocenters. The van der Waals surface area contributed by atoms with Gasteiger partial charge in [-0.2, -0.15) is 0 Å². The minimum absolute atomic E-state index is 0.0177. The summed E-state index contributed by atoms with van der Waals surface area (Å²) in [6, 6.07) is 9.35. The number of aliphatic hydroxyl groups is 1. The molecule has 0 spiro atoms.